The van der Waals surface area contributed by atoms with Crippen molar-refractivity contribution in [1.29, 1.82) is 0 Å². The van der Waals surface area contributed by atoms with Crippen LogP contribution in [-0.4, -0.2) is 24.9 Å². The van der Waals surface area contributed by atoms with E-state index in [1.54, 1.807) is 11.8 Å². The number of hydrogen-bond acceptors (Lipinski definition) is 2. The van der Waals surface area contributed by atoms with Crippen molar-refractivity contribution < 1.29 is 9.59 Å². The average Bonchev–Trinajstić information content (AvgIpc) is 2.63. The van der Waals surface area contributed by atoms with Crippen molar-refractivity contribution in [3.8, 4) is 0 Å². The first kappa shape index (κ1) is 20.2. The van der Waals surface area contributed by atoms with E-state index in [1.807, 2.05) is 19.1 Å². The summed E-state index contributed by atoms with van der Waals surface area (Å²) >= 11 is 0. The second-order valence-electron chi connectivity index (χ2n) is 7.06. The lowest BCUT2D eigenvalue weighted by molar-refractivity contribution is -0.121. The summed E-state index contributed by atoms with van der Waals surface area (Å²) in [6.07, 6.45) is 9.35. The molecule has 0 atom stereocenters. The van der Waals surface area contributed by atoms with Crippen molar-refractivity contribution in [2.45, 2.75) is 65.7 Å². The summed E-state index contributed by atoms with van der Waals surface area (Å²) in [7, 11) is 0. The van der Waals surface area contributed by atoms with Crippen molar-refractivity contribution in [2.24, 2.45) is 0 Å². The summed E-state index contributed by atoms with van der Waals surface area (Å²) in [6.45, 7) is 6.78. The van der Waals surface area contributed by atoms with Crippen molar-refractivity contribution in [3.63, 3.8) is 0 Å². The van der Waals surface area contributed by atoms with Crippen molar-refractivity contribution in [2.75, 3.05) is 18.0 Å². The maximum atomic E-state index is 12.2. The van der Waals surface area contributed by atoms with Crippen LogP contribution in [0.1, 0.15) is 63.5 Å². The predicted molar refractivity (Wildman–Crippen MR) is 107 cm³/mol. The molecule has 0 aliphatic heterocycles. The fourth-order valence-electron chi connectivity index (χ4n) is 3.61. The van der Waals surface area contributed by atoms with Gasteiger partial charge in [-0.05, 0) is 56.6 Å². The normalized spacial score (nSPS) is 13.9. The molecular weight excluding hydrogens is 324 g/mol. The molecule has 1 aromatic rings. The largest absolute Gasteiger partial charge is 0.356 e. The van der Waals surface area contributed by atoms with E-state index < -0.39 is 0 Å². The van der Waals surface area contributed by atoms with E-state index >= 15 is 0 Å². The minimum atomic E-state index is -0.0193. The smallest absolute Gasteiger partial charge is 0.223 e. The Kier molecular flexibility index (Phi) is 7.89. The van der Waals surface area contributed by atoms with E-state index in [0.29, 0.717) is 19.5 Å². The van der Waals surface area contributed by atoms with Crippen molar-refractivity contribution in [1.82, 2.24) is 5.32 Å². The summed E-state index contributed by atoms with van der Waals surface area (Å²) in [5.41, 5.74) is 4.64. The number of nitrogens with zero attached hydrogens (tertiary/aromatic N) is 1. The Morgan fingerprint density at radius 3 is 2.69 bits per heavy atom. The monoisotopic (exact) mass is 356 g/mol. The molecule has 1 aliphatic rings. The molecular formula is C22H32N2O2. The molecule has 0 spiro atoms. The van der Waals surface area contributed by atoms with Gasteiger partial charge in [-0.3, -0.25) is 9.59 Å². The molecule has 142 valence electrons. The molecule has 1 N–H and O–H groups in total. The number of hydrogen-bond donors (Lipinski definition) is 1. The quantitative estimate of drug-likeness (QED) is 0.706. The highest BCUT2D eigenvalue weighted by atomic mass is 16.2. The SMILES string of the molecule is CCc1cccc(C)c1N(CCC(=O)NCCC1=CCCCC1)C(C)=O. The molecule has 0 bridgehead atoms. The number of anilines is 1. The van der Waals surface area contributed by atoms with Crippen molar-refractivity contribution >= 4 is 17.5 Å². The van der Waals surface area contributed by atoms with Gasteiger partial charge in [0.1, 0.15) is 0 Å². The van der Waals surface area contributed by atoms with E-state index in [9.17, 15) is 9.59 Å². The fraction of sp³-hybridized carbons (Fsp3) is 0.545. The summed E-state index contributed by atoms with van der Waals surface area (Å²) in [5, 5.41) is 3.00. The number of carbonyl (C=O) groups is 2. The minimum Gasteiger partial charge on any atom is -0.356 e. The standard InChI is InChI=1S/C22H32N2O2/c1-4-20-12-8-9-17(2)22(20)24(18(3)25)16-14-21(26)23-15-13-19-10-6-5-7-11-19/h8-10,12H,4-7,11,13-16H2,1-3H3,(H,23,26). The molecule has 4 heteroatoms. The summed E-state index contributed by atoms with van der Waals surface area (Å²) in [5.74, 6) is -0.00606. The zero-order valence-electron chi connectivity index (χ0n) is 16.4. The van der Waals surface area contributed by atoms with Crippen LogP contribution in [0, 0.1) is 6.92 Å². The third kappa shape index (κ3) is 5.72. The summed E-state index contributed by atoms with van der Waals surface area (Å²) in [4.78, 5) is 26.1. The lowest BCUT2D eigenvalue weighted by Crippen LogP contribution is -2.35. The average molecular weight is 357 g/mol. The van der Waals surface area contributed by atoms with Crippen LogP contribution in [0.4, 0.5) is 5.69 Å². The van der Waals surface area contributed by atoms with Crippen LogP contribution >= 0.6 is 0 Å². The van der Waals surface area contributed by atoms with Crippen LogP contribution in [0.15, 0.2) is 29.8 Å². The maximum Gasteiger partial charge on any atom is 0.223 e. The number of amides is 2. The van der Waals surface area contributed by atoms with E-state index in [4.69, 9.17) is 0 Å². The third-order valence-corrected chi connectivity index (χ3v) is 5.07. The highest BCUT2D eigenvalue weighted by Crippen LogP contribution is 2.26. The van der Waals surface area contributed by atoms with Gasteiger partial charge in [0.25, 0.3) is 0 Å². The number of allylic oxidation sites excluding steroid dienone is 1. The lowest BCUT2D eigenvalue weighted by Gasteiger charge is -2.25. The fourth-order valence-corrected chi connectivity index (χ4v) is 3.61. The molecule has 1 aliphatic carbocycles. The Labute approximate surface area is 157 Å². The van der Waals surface area contributed by atoms with Crippen LogP contribution in [0.2, 0.25) is 0 Å². The molecule has 26 heavy (non-hydrogen) atoms. The Hall–Kier alpha value is -2.10. The molecule has 0 fully saturated rings. The van der Waals surface area contributed by atoms with E-state index in [0.717, 1.165) is 29.7 Å². The first-order valence-electron chi connectivity index (χ1n) is 9.84. The Morgan fingerprint density at radius 1 is 1.23 bits per heavy atom. The molecule has 0 heterocycles. The molecule has 1 aromatic carbocycles. The third-order valence-electron chi connectivity index (χ3n) is 5.07. The van der Waals surface area contributed by atoms with Gasteiger partial charge in [0.05, 0.1) is 0 Å². The zero-order valence-corrected chi connectivity index (χ0v) is 16.4. The number of aryl methyl sites for hydroxylation is 2. The number of para-hydroxylation sites is 1. The van der Waals surface area contributed by atoms with Gasteiger partial charge in [-0.2, -0.15) is 0 Å². The molecule has 0 saturated heterocycles. The van der Waals surface area contributed by atoms with Gasteiger partial charge in [0, 0.05) is 32.1 Å². The summed E-state index contributed by atoms with van der Waals surface area (Å²) in [6, 6.07) is 6.08. The highest BCUT2D eigenvalue weighted by Gasteiger charge is 2.18. The van der Waals surface area contributed by atoms with Crippen molar-refractivity contribution in [3.05, 3.63) is 41.0 Å². The first-order valence-corrected chi connectivity index (χ1v) is 9.84. The van der Waals surface area contributed by atoms with Crippen LogP contribution in [0.3, 0.4) is 0 Å². The van der Waals surface area contributed by atoms with Crippen LogP contribution in [0.5, 0.6) is 0 Å². The van der Waals surface area contributed by atoms with E-state index in [1.165, 1.54) is 31.3 Å². The van der Waals surface area contributed by atoms with Gasteiger partial charge < -0.3 is 10.2 Å². The van der Waals surface area contributed by atoms with Gasteiger partial charge in [-0.1, -0.05) is 36.8 Å². The van der Waals surface area contributed by atoms with Gasteiger partial charge in [-0.25, -0.2) is 0 Å². The van der Waals surface area contributed by atoms with Crippen LogP contribution in [-0.2, 0) is 16.0 Å². The summed E-state index contributed by atoms with van der Waals surface area (Å²) < 4.78 is 0. The van der Waals surface area contributed by atoms with E-state index in [-0.39, 0.29) is 11.8 Å². The maximum absolute atomic E-state index is 12.2. The second-order valence-corrected chi connectivity index (χ2v) is 7.06. The highest BCUT2D eigenvalue weighted by molar-refractivity contribution is 5.94. The first-order chi connectivity index (χ1) is 12.5. The topological polar surface area (TPSA) is 49.4 Å². The molecule has 2 rings (SSSR count). The predicted octanol–water partition coefficient (Wildman–Crippen LogP) is 4.31. The lowest BCUT2D eigenvalue weighted by atomic mass is 9.97. The zero-order chi connectivity index (χ0) is 18.9. The molecule has 0 saturated carbocycles. The molecule has 2 amide bonds. The molecule has 0 aromatic heterocycles. The van der Waals surface area contributed by atoms with Gasteiger partial charge in [0.2, 0.25) is 11.8 Å². The van der Waals surface area contributed by atoms with Gasteiger partial charge >= 0.3 is 0 Å². The van der Waals surface area contributed by atoms with E-state index in [2.05, 4.69) is 24.4 Å². The van der Waals surface area contributed by atoms with Crippen LogP contribution in [0.25, 0.3) is 0 Å². The Bertz CT molecular complexity index is 664. The molecule has 4 nitrogen and oxygen atoms in total. The number of nitrogens with one attached hydrogen (secondary N) is 1. The number of rotatable bonds is 8. The molecule has 0 radical (unpaired) electrons. The minimum absolute atomic E-state index is 0.0132. The Balaban J connectivity index is 1.89. The number of carbonyl (C=O) groups excluding carboxylic acids is 2. The second kappa shape index (κ2) is 10.1. The van der Waals surface area contributed by atoms with Gasteiger partial charge in [-0.15, -0.1) is 0 Å². The Morgan fingerprint density at radius 2 is 2.04 bits per heavy atom. The molecule has 0 unspecified atom stereocenters. The number of benzene rings is 1. The van der Waals surface area contributed by atoms with Gasteiger partial charge in [0.15, 0.2) is 0 Å². The van der Waals surface area contributed by atoms with Crippen LogP contribution < -0.4 is 10.2 Å².